The van der Waals surface area contributed by atoms with Crippen LogP contribution in [0.2, 0.25) is 5.02 Å². The second kappa shape index (κ2) is 9.58. The molecular weight excluding hydrogens is 437 g/mol. The maximum Gasteiger partial charge on any atom is 0.135 e. The van der Waals surface area contributed by atoms with E-state index in [2.05, 4.69) is 21.2 Å². The minimum absolute atomic E-state index is 0. The van der Waals surface area contributed by atoms with Crippen molar-refractivity contribution in [1.82, 2.24) is 5.32 Å². The van der Waals surface area contributed by atoms with Crippen molar-refractivity contribution in [2.24, 2.45) is 0 Å². The zero-order valence-corrected chi connectivity index (χ0v) is 17.3. The summed E-state index contributed by atoms with van der Waals surface area (Å²) in [5, 5.41) is 14.3. The van der Waals surface area contributed by atoms with Gasteiger partial charge in [0.05, 0.1) is 17.7 Å². The largest absolute Gasteiger partial charge is 0.460 e. The van der Waals surface area contributed by atoms with Crippen molar-refractivity contribution < 1.29 is 9.52 Å². The summed E-state index contributed by atoms with van der Waals surface area (Å²) in [4.78, 5) is 0. The van der Waals surface area contributed by atoms with Gasteiger partial charge in [0, 0.05) is 16.1 Å². The average molecular weight is 457 g/mol. The molecule has 2 atom stereocenters. The number of furan rings is 1. The fourth-order valence-corrected chi connectivity index (χ4v) is 3.39. The first-order valence-electron chi connectivity index (χ1n) is 8.05. The normalized spacial score (nSPS) is 13.1. The molecule has 3 rings (SSSR count). The Labute approximate surface area is 172 Å². The van der Waals surface area contributed by atoms with Crippen LogP contribution in [0, 0.1) is 0 Å². The number of rotatable bonds is 6. The molecule has 0 bridgehead atoms. The Morgan fingerprint density at radius 1 is 1.12 bits per heavy atom. The minimum Gasteiger partial charge on any atom is -0.460 e. The predicted octanol–water partition coefficient (Wildman–Crippen LogP) is 6.00. The molecule has 0 amide bonds. The van der Waals surface area contributed by atoms with E-state index in [1.54, 1.807) is 0 Å². The second-order valence-corrected chi connectivity index (χ2v) is 7.24. The van der Waals surface area contributed by atoms with Gasteiger partial charge in [0.25, 0.3) is 0 Å². The maximum atomic E-state index is 10.4. The monoisotopic (exact) mass is 455 g/mol. The number of benzene rings is 2. The minimum atomic E-state index is -0.573. The number of nitrogens with one attached hydrogen (secondary N) is 1. The van der Waals surface area contributed by atoms with E-state index in [9.17, 15) is 5.11 Å². The Hall–Kier alpha value is -1.30. The van der Waals surface area contributed by atoms with Gasteiger partial charge in [0.2, 0.25) is 0 Å². The topological polar surface area (TPSA) is 45.4 Å². The van der Waals surface area contributed by atoms with Gasteiger partial charge in [0.15, 0.2) is 0 Å². The summed E-state index contributed by atoms with van der Waals surface area (Å²) in [5.41, 5.74) is 1.75. The van der Waals surface area contributed by atoms with Crippen molar-refractivity contribution in [3.8, 4) is 11.3 Å². The molecule has 2 N–H and O–H groups in total. The third-order valence-electron chi connectivity index (χ3n) is 4.07. The summed E-state index contributed by atoms with van der Waals surface area (Å²) in [5.74, 6) is 1.52. The van der Waals surface area contributed by atoms with Crippen LogP contribution in [0.5, 0.6) is 0 Å². The van der Waals surface area contributed by atoms with Crippen molar-refractivity contribution in [2.75, 3.05) is 0 Å². The van der Waals surface area contributed by atoms with Gasteiger partial charge in [0.1, 0.15) is 11.5 Å². The van der Waals surface area contributed by atoms with E-state index in [0.29, 0.717) is 11.6 Å². The van der Waals surface area contributed by atoms with Crippen LogP contribution in [0.3, 0.4) is 0 Å². The first kappa shape index (κ1) is 21.0. The summed E-state index contributed by atoms with van der Waals surface area (Å²) in [6, 6.07) is 19.0. The highest BCUT2D eigenvalue weighted by molar-refractivity contribution is 9.10. The van der Waals surface area contributed by atoms with E-state index in [4.69, 9.17) is 16.0 Å². The zero-order valence-electron chi connectivity index (χ0n) is 14.2. The molecule has 2 unspecified atom stereocenters. The first-order valence-corrected chi connectivity index (χ1v) is 9.22. The Balaban J connectivity index is 0.00000243. The van der Waals surface area contributed by atoms with Gasteiger partial charge in [-0.3, -0.25) is 0 Å². The van der Waals surface area contributed by atoms with Crippen molar-refractivity contribution in [1.29, 1.82) is 0 Å². The van der Waals surface area contributed by atoms with Crippen molar-refractivity contribution >= 4 is 39.9 Å². The standard InChI is InChI=1S/C20H19BrClNO2.ClH/c1-13(20(24)14-5-3-2-4-6-14)23-12-16-8-10-19(25-16)17-9-7-15(21)11-18(17)22;/h2-11,13,20,23-24H,12H2,1H3;1H. The highest BCUT2D eigenvalue weighted by Gasteiger charge is 2.16. The van der Waals surface area contributed by atoms with Crippen LogP contribution in [0.15, 0.2) is 69.6 Å². The fraction of sp³-hybridized carbons (Fsp3) is 0.200. The molecule has 0 spiro atoms. The van der Waals surface area contributed by atoms with Gasteiger partial charge in [-0.2, -0.15) is 0 Å². The molecule has 26 heavy (non-hydrogen) atoms. The Morgan fingerprint density at radius 2 is 1.85 bits per heavy atom. The summed E-state index contributed by atoms with van der Waals surface area (Å²) < 4.78 is 6.81. The molecule has 0 saturated heterocycles. The van der Waals surface area contributed by atoms with E-state index in [-0.39, 0.29) is 18.4 Å². The van der Waals surface area contributed by atoms with Crippen LogP contribution in [0.4, 0.5) is 0 Å². The average Bonchev–Trinajstić information content (AvgIpc) is 3.08. The third kappa shape index (κ3) is 5.12. The number of halogens is 3. The summed E-state index contributed by atoms with van der Waals surface area (Å²) >= 11 is 9.67. The molecule has 3 aromatic rings. The molecule has 6 heteroatoms. The van der Waals surface area contributed by atoms with Crippen LogP contribution < -0.4 is 5.32 Å². The molecule has 0 aliphatic carbocycles. The molecule has 2 aromatic carbocycles. The Bertz CT molecular complexity index is 839. The van der Waals surface area contributed by atoms with Gasteiger partial charge < -0.3 is 14.8 Å². The molecule has 3 nitrogen and oxygen atoms in total. The van der Waals surface area contributed by atoms with Crippen LogP contribution in [0.1, 0.15) is 24.4 Å². The van der Waals surface area contributed by atoms with Gasteiger partial charge in [-0.25, -0.2) is 0 Å². The fourth-order valence-electron chi connectivity index (χ4n) is 2.62. The van der Waals surface area contributed by atoms with Crippen LogP contribution in [0.25, 0.3) is 11.3 Å². The second-order valence-electron chi connectivity index (χ2n) is 5.92. The van der Waals surface area contributed by atoms with E-state index in [1.165, 1.54) is 0 Å². The Morgan fingerprint density at radius 3 is 2.54 bits per heavy atom. The van der Waals surface area contributed by atoms with Gasteiger partial charge in [-0.15, -0.1) is 12.4 Å². The maximum absolute atomic E-state index is 10.4. The quantitative estimate of drug-likeness (QED) is 0.478. The molecule has 0 saturated carbocycles. The highest BCUT2D eigenvalue weighted by Crippen LogP contribution is 2.31. The highest BCUT2D eigenvalue weighted by atomic mass is 79.9. The molecule has 0 fully saturated rings. The van der Waals surface area contributed by atoms with Crippen molar-refractivity contribution in [3.05, 3.63) is 81.5 Å². The van der Waals surface area contributed by atoms with Crippen molar-refractivity contribution in [3.63, 3.8) is 0 Å². The van der Waals surface area contributed by atoms with E-state index < -0.39 is 6.10 Å². The molecule has 1 aromatic heterocycles. The number of aliphatic hydroxyl groups excluding tert-OH is 1. The van der Waals surface area contributed by atoms with Crippen molar-refractivity contribution in [2.45, 2.75) is 25.6 Å². The van der Waals surface area contributed by atoms with Crippen LogP contribution in [-0.4, -0.2) is 11.1 Å². The Kier molecular flexibility index (Phi) is 7.74. The lowest BCUT2D eigenvalue weighted by Crippen LogP contribution is -2.31. The number of hydrogen-bond acceptors (Lipinski definition) is 3. The third-order valence-corrected chi connectivity index (χ3v) is 4.88. The predicted molar refractivity (Wildman–Crippen MR) is 112 cm³/mol. The first-order chi connectivity index (χ1) is 12.0. The van der Waals surface area contributed by atoms with Crippen LogP contribution >= 0.6 is 39.9 Å². The van der Waals surface area contributed by atoms with Gasteiger partial charge >= 0.3 is 0 Å². The lowest BCUT2D eigenvalue weighted by atomic mass is 10.0. The molecule has 1 heterocycles. The molecule has 0 radical (unpaired) electrons. The van der Waals surface area contributed by atoms with Crippen LogP contribution in [-0.2, 0) is 6.54 Å². The smallest absolute Gasteiger partial charge is 0.135 e. The molecule has 138 valence electrons. The van der Waals surface area contributed by atoms with E-state index in [1.807, 2.05) is 67.6 Å². The molecular formula is C20H20BrCl2NO2. The molecule has 0 aliphatic rings. The lowest BCUT2D eigenvalue weighted by Gasteiger charge is -2.20. The molecule has 0 aliphatic heterocycles. The van der Waals surface area contributed by atoms with Gasteiger partial charge in [-0.05, 0) is 42.8 Å². The zero-order chi connectivity index (χ0) is 17.8. The summed E-state index contributed by atoms with van der Waals surface area (Å²) in [6.07, 6.45) is -0.573. The SMILES string of the molecule is CC(NCc1ccc(-c2ccc(Br)cc2Cl)o1)C(O)c1ccccc1.Cl. The summed E-state index contributed by atoms with van der Waals surface area (Å²) in [7, 11) is 0. The van der Waals surface area contributed by atoms with Gasteiger partial charge in [-0.1, -0.05) is 57.9 Å². The lowest BCUT2D eigenvalue weighted by molar-refractivity contribution is 0.134. The summed E-state index contributed by atoms with van der Waals surface area (Å²) in [6.45, 7) is 2.48. The van der Waals surface area contributed by atoms with E-state index in [0.717, 1.165) is 27.1 Å². The van der Waals surface area contributed by atoms with E-state index >= 15 is 0 Å². The number of hydrogen-bond donors (Lipinski definition) is 2. The number of aliphatic hydroxyl groups is 1.